The summed E-state index contributed by atoms with van der Waals surface area (Å²) < 4.78 is 2.84. The number of halogens is 1. The Hall–Kier alpha value is -1.24. The maximum Gasteiger partial charge on any atom is 0.138 e. The molecule has 5 nitrogen and oxygen atoms in total. The number of hydrazine groups is 1. The lowest BCUT2D eigenvalue weighted by atomic mass is 9.99. The lowest BCUT2D eigenvalue weighted by Crippen LogP contribution is -2.31. The molecule has 0 saturated carbocycles. The number of hydrogen-bond acceptors (Lipinski definition) is 4. The van der Waals surface area contributed by atoms with E-state index < -0.39 is 0 Å². The van der Waals surface area contributed by atoms with E-state index in [0.29, 0.717) is 6.42 Å². The molecule has 0 radical (unpaired) electrons. The molecule has 0 fully saturated rings. The Balaban J connectivity index is 2.29. The van der Waals surface area contributed by atoms with Crippen molar-refractivity contribution in [2.45, 2.75) is 19.4 Å². The Kier molecular flexibility index (Phi) is 4.11. The predicted molar refractivity (Wildman–Crippen MR) is 73.7 cm³/mol. The molecule has 96 valence electrons. The molecule has 0 amide bonds. The number of nitrogens with zero attached hydrogens (tertiary/aromatic N) is 3. The Bertz CT molecular complexity index is 537. The molecule has 1 heterocycles. The van der Waals surface area contributed by atoms with E-state index in [1.54, 1.807) is 11.0 Å². The Morgan fingerprint density at radius 1 is 1.50 bits per heavy atom. The van der Waals surface area contributed by atoms with Gasteiger partial charge in [0.25, 0.3) is 0 Å². The smallest absolute Gasteiger partial charge is 0.138 e. The second-order valence-corrected chi connectivity index (χ2v) is 5.03. The summed E-state index contributed by atoms with van der Waals surface area (Å²) in [5.41, 5.74) is 5.19. The Labute approximate surface area is 115 Å². The van der Waals surface area contributed by atoms with Gasteiger partial charge in [-0.1, -0.05) is 28.1 Å². The number of aromatic nitrogens is 3. The normalized spacial score (nSPS) is 12.7. The molecule has 18 heavy (non-hydrogen) atoms. The average Bonchev–Trinajstić information content (AvgIpc) is 2.76. The van der Waals surface area contributed by atoms with Crippen molar-refractivity contribution in [3.8, 4) is 0 Å². The van der Waals surface area contributed by atoms with E-state index in [2.05, 4.69) is 44.4 Å². The summed E-state index contributed by atoms with van der Waals surface area (Å²) in [5.74, 6) is 6.57. The molecule has 0 aliphatic rings. The summed E-state index contributed by atoms with van der Waals surface area (Å²) in [6.07, 6.45) is 2.25. The zero-order valence-corrected chi connectivity index (χ0v) is 12.0. The molecular formula is C12H16BrN5. The van der Waals surface area contributed by atoms with Gasteiger partial charge in [0.1, 0.15) is 12.2 Å². The van der Waals surface area contributed by atoms with Crippen molar-refractivity contribution >= 4 is 15.9 Å². The third-order valence-corrected chi connectivity index (χ3v) is 3.94. The highest BCUT2D eigenvalue weighted by molar-refractivity contribution is 9.10. The predicted octanol–water partition coefficient (Wildman–Crippen LogP) is 1.63. The molecule has 1 aromatic carbocycles. The first-order valence-electron chi connectivity index (χ1n) is 5.67. The van der Waals surface area contributed by atoms with Crippen molar-refractivity contribution in [3.63, 3.8) is 0 Å². The molecule has 2 rings (SSSR count). The molecule has 0 saturated heterocycles. The van der Waals surface area contributed by atoms with Crippen molar-refractivity contribution in [2.75, 3.05) is 0 Å². The van der Waals surface area contributed by atoms with Crippen molar-refractivity contribution in [1.29, 1.82) is 0 Å². The molecule has 0 aliphatic heterocycles. The van der Waals surface area contributed by atoms with Crippen LogP contribution in [0.25, 0.3) is 0 Å². The maximum absolute atomic E-state index is 5.67. The first-order chi connectivity index (χ1) is 8.63. The third kappa shape index (κ3) is 2.60. The van der Waals surface area contributed by atoms with Gasteiger partial charge in [0.15, 0.2) is 0 Å². The van der Waals surface area contributed by atoms with Crippen LogP contribution in [0.4, 0.5) is 0 Å². The van der Waals surface area contributed by atoms with Crippen LogP contribution in [0.15, 0.2) is 29.0 Å². The number of rotatable bonds is 4. The first kappa shape index (κ1) is 13.2. The topological polar surface area (TPSA) is 68.8 Å². The van der Waals surface area contributed by atoms with Crippen LogP contribution < -0.4 is 11.3 Å². The van der Waals surface area contributed by atoms with E-state index in [4.69, 9.17) is 5.84 Å². The van der Waals surface area contributed by atoms with Crippen molar-refractivity contribution in [2.24, 2.45) is 12.9 Å². The summed E-state index contributed by atoms with van der Waals surface area (Å²) in [6.45, 7) is 2.07. The van der Waals surface area contributed by atoms with Crippen molar-refractivity contribution < 1.29 is 0 Å². The summed E-state index contributed by atoms with van der Waals surface area (Å²) >= 11 is 3.53. The number of benzene rings is 1. The van der Waals surface area contributed by atoms with Crippen LogP contribution in [-0.2, 0) is 13.5 Å². The van der Waals surface area contributed by atoms with Crippen LogP contribution in [-0.4, -0.2) is 14.8 Å². The van der Waals surface area contributed by atoms with E-state index in [9.17, 15) is 0 Å². The van der Waals surface area contributed by atoms with Gasteiger partial charge in [0.2, 0.25) is 0 Å². The molecule has 3 N–H and O–H groups in total. The molecule has 6 heteroatoms. The second kappa shape index (κ2) is 5.60. The van der Waals surface area contributed by atoms with Crippen LogP contribution in [0.1, 0.15) is 23.0 Å². The number of aryl methyl sites for hydroxylation is 1. The van der Waals surface area contributed by atoms with E-state index >= 15 is 0 Å². The lowest BCUT2D eigenvalue weighted by Gasteiger charge is -2.18. The van der Waals surface area contributed by atoms with Gasteiger partial charge in [-0.3, -0.25) is 16.0 Å². The van der Waals surface area contributed by atoms with Crippen LogP contribution in [0.2, 0.25) is 0 Å². The summed E-state index contributed by atoms with van der Waals surface area (Å²) in [5, 5.41) is 4.07. The molecule has 1 atom stereocenters. The molecule has 2 aromatic rings. The highest BCUT2D eigenvalue weighted by Crippen LogP contribution is 2.25. The fourth-order valence-corrected chi connectivity index (χ4v) is 2.33. The fraction of sp³-hybridized carbons (Fsp3) is 0.333. The molecule has 0 bridgehead atoms. The van der Waals surface area contributed by atoms with Gasteiger partial charge in [-0.05, 0) is 24.1 Å². The van der Waals surface area contributed by atoms with Crippen LogP contribution in [0, 0.1) is 6.92 Å². The summed E-state index contributed by atoms with van der Waals surface area (Å²) in [7, 11) is 1.88. The lowest BCUT2D eigenvalue weighted by molar-refractivity contribution is 0.521. The van der Waals surface area contributed by atoms with Gasteiger partial charge in [0.05, 0.1) is 6.04 Å². The quantitative estimate of drug-likeness (QED) is 0.665. The molecule has 0 spiro atoms. The van der Waals surface area contributed by atoms with Crippen LogP contribution in [0.5, 0.6) is 0 Å². The average molecular weight is 310 g/mol. The van der Waals surface area contributed by atoms with E-state index in [0.717, 1.165) is 15.9 Å². The third-order valence-electron chi connectivity index (χ3n) is 3.08. The van der Waals surface area contributed by atoms with Gasteiger partial charge in [0, 0.05) is 17.9 Å². The standard InChI is InChI=1S/C12H16BrN5/c1-8-9(4-3-5-10(8)13)11(17-14)6-12-15-7-16-18(12)2/h3-5,7,11,17H,6,14H2,1-2H3. The minimum atomic E-state index is 0.0189. The van der Waals surface area contributed by atoms with Gasteiger partial charge < -0.3 is 0 Å². The Morgan fingerprint density at radius 2 is 2.28 bits per heavy atom. The van der Waals surface area contributed by atoms with Gasteiger partial charge in [-0.2, -0.15) is 5.10 Å². The van der Waals surface area contributed by atoms with Crippen molar-refractivity contribution in [1.82, 2.24) is 20.2 Å². The second-order valence-electron chi connectivity index (χ2n) is 4.18. The molecule has 0 aliphatic carbocycles. The van der Waals surface area contributed by atoms with Gasteiger partial charge in [-0.25, -0.2) is 4.98 Å². The van der Waals surface area contributed by atoms with Gasteiger partial charge >= 0.3 is 0 Å². The number of nitrogens with one attached hydrogen (secondary N) is 1. The molecule has 1 aromatic heterocycles. The minimum absolute atomic E-state index is 0.0189. The molecule has 1 unspecified atom stereocenters. The zero-order chi connectivity index (χ0) is 13.1. The van der Waals surface area contributed by atoms with E-state index in [1.807, 2.05) is 19.2 Å². The SMILES string of the molecule is Cc1c(Br)cccc1C(Cc1ncnn1C)NN. The van der Waals surface area contributed by atoms with E-state index in [-0.39, 0.29) is 6.04 Å². The molecular weight excluding hydrogens is 294 g/mol. The Morgan fingerprint density at radius 3 is 2.89 bits per heavy atom. The highest BCUT2D eigenvalue weighted by atomic mass is 79.9. The maximum atomic E-state index is 5.67. The number of nitrogens with two attached hydrogens (primary N) is 1. The van der Waals surface area contributed by atoms with Crippen LogP contribution >= 0.6 is 15.9 Å². The summed E-state index contributed by atoms with van der Waals surface area (Å²) in [6, 6.07) is 6.12. The highest BCUT2D eigenvalue weighted by Gasteiger charge is 2.16. The minimum Gasteiger partial charge on any atom is -0.271 e. The first-order valence-corrected chi connectivity index (χ1v) is 6.46. The van der Waals surface area contributed by atoms with E-state index in [1.165, 1.54) is 5.56 Å². The summed E-state index contributed by atoms with van der Waals surface area (Å²) in [4.78, 5) is 4.23. The fourth-order valence-electron chi connectivity index (χ4n) is 1.95. The number of hydrogen-bond donors (Lipinski definition) is 2. The van der Waals surface area contributed by atoms with Crippen LogP contribution in [0.3, 0.4) is 0 Å². The monoisotopic (exact) mass is 309 g/mol. The largest absolute Gasteiger partial charge is 0.271 e. The van der Waals surface area contributed by atoms with Gasteiger partial charge in [-0.15, -0.1) is 0 Å². The van der Waals surface area contributed by atoms with Crippen molar-refractivity contribution in [3.05, 3.63) is 46.0 Å². The zero-order valence-electron chi connectivity index (χ0n) is 10.4.